The molecule has 118 valence electrons. The Kier molecular flexibility index (Phi) is 3.75. The average molecular weight is 312 g/mol. The summed E-state index contributed by atoms with van der Waals surface area (Å²) in [6, 6.07) is 13.5. The number of nitrogens with zero attached hydrogens (tertiary/aromatic N) is 1. The van der Waals surface area contributed by atoms with E-state index in [-0.39, 0.29) is 18.7 Å². The summed E-state index contributed by atoms with van der Waals surface area (Å²) in [6.07, 6.45) is 0.661. The standard InChI is InChI=1S/C17H16N2O4/c18-16(21)12-6-7-13-9-19(11-20)10-17(22,23-15(13)8-12)14-4-2-1-3-5-14/h1-8,11,22H,9-10H2,(H2,18,21)/t17-/m0/s1. The van der Waals surface area contributed by atoms with E-state index in [0.717, 1.165) is 0 Å². The highest BCUT2D eigenvalue weighted by atomic mass is 16.6. The molecule has 2 amide bonds. The summed E-state index contributed by atoms with van der Waals surface area (Å²) >= 11 is 0. The Morgan fingerprint density at radius 3 is 2.65 bits per heavy atom. The summed E-state index contributed by atoms with van der Waals surface area (Å²) in [7, 11) is 0. The van der Waals surface area contributed by atoms with Crippen molar-refractivity contribution in [3.05, 3.63) is 65.2 Å². The molecule has 2 aromatic rings. The van der Waals surface area contributed by atoms with Gasteiger partial charge >= 0.3 is 0 Å². The van der Waals surface area contributed by atoms with Crippen LogP contribution in [-0.4, -0.2) is 28.9 Å². The lowest BCUT2D eigenvalue weighted by Crippen LogP contribution is -2.42. The fraction of sp³-hybridized carbons (Fsp3) is 0.176. The Morgan fingerprint density at radius 1 is 1.26 bits per heavy atom. The number of primary amides is 1. The van der Waals surface area contributed by atoms with Crippen molar-refractivity contribution in [2.24, 2.45) is 5.73 Å². The summed E-state index contributed by atoms with van der Waals surface area (Å²) in [4.78, 5) is 24.1. The van der Waals surface area contributed by atoms with Crippen LogP contribution in [0.3, 0.4) is 0 Å². The van der Waals surface area contributed by atoms with Crippen LogP contribution in [0.1, 0.15) is 21.5 Å². The number of amides is 2. The first-order chi connectivity index (χ1) is 11.0. The highest BCUT2D eigenvalue weighted by molar-refractivity contribution is 5.93. The Hall–Kier alpha value is -2.86. The first kappa shape index (κ1) is 15.1. The zero-order valence-electron chi connectivity index (χ0n) is 12.3. The van der Waals surface area contributed by atoms with Crippen LogP contribution in [0.5, 0.6) is 5.75 Å². The van der Waals surface area contributed by atoms with Crippen LogP contribution in [0.25, 0.3) is 0 Å². The molecule has 0 fully saturated rings. The maximum absolute atomic E-state index is 11.4. The second-order valence-corrected chi connectivity index (χ2v) is 5.45. The molecule has 0 bridgehead atoms. The second-order valence-electron chi connectivity index (χ2n) is 5.45. The molecule has 0 saturated heterocycles. The molecule has 1 aliphatic rings. The topological polar surface area (TPSA) is 92.9 Å². The van der Waals surface area contributed by atoms with E-state index in [0.29, 0.717) is 23.3 Å². The lowest BCUT2D eigenvalue weighted by molar-refractivity contribution is -0.161. The number of β-amino-alcohol motifs (C(OH)–C–C–N with tert-alkyl or cyclic N) is 1. The van der Waals surface area contributed by atoms with Gasteiger partial charge in [0.05, 0.1) is 6.54 Å². The van der Waals surface area contributed by atoms with Crippen LogP contribution in [-0.2, 0) is 17.1 Å². The van der Waals surface area contributed by atoms with Gasteiger partial charge in [-0.2, -0.15) is 0 Å². The first-order valence-electron chi connectivity index (χ1n) is 7.11. The zero-order chi connectivity index (χ0) is 16.4. The summed E-state index contributed by atoms with van der Waals surface area (Å²) in [6.45, 7) is 0.244. The van der Waals surface area contributed by atoms with Crippen LogP contribution in [0, 0.1) is 0 Å². The number of carbonyl (C=O) groups excluding carboxylic acids is 2. The highest BCUT2D eigenvalue weighted by Gasteiger charge is 2.37. The number of carbonyl (C=O) groups is 2. The molecule has 6 heteroatoms. The van der Waals surface area contributed by atoms with Crippen molar-refractivity contribution in [1.29, 1.82) is 0 Å². The monoisotopic (exact) mass is 312 g/mol. The molecule has 0 saturated carbocycles. The van der Waals surface area contributed by atoms with Gasteiger partial charge in [0.25, 0.3) is 5.79 Å². The summed E-state index contributed by atoms with van der Waals surface area (Å²) in [5.74, 6) is -1.96. The predicted octanol–water partition coefficient (Wildman–Crippen LogP) is 0.982. The molecule has 3 N–H and O–H groups in total. The van der Waals surface area contributed by atoms with Gasteiger partial charge in [0.1, 0.15) is 5.75 Å². The van der Waals surface area contributed by atoms with Crippen molar-refractivity contribution < 1.29 is 19.4 Å². The molecular weight excluding hydrogens is 296 g/mol. The van der Waals surface area contributed by atoms with E-state index in [1.807, 2.05) is 6.07 Å². The van der Waals surface area contributed by atoms with Gasteiger partial charge in [-0.05, 0) is 12.1 Å². The Balaban J connectivity index is 2.09. The maximum Gasteiger partial charge on any atom is 0.252 e. The number of hydrogen-bond acceptors (Lipinski definition) is 4. The third kappa shape index (κ3) is 2.89. The smallest absolute Gasteiger partial charge is 0.252 e. The number of rotatable bonds is 3. The minimum absolute atomic E-state index is 0.0267. The molecule has 1 atom stereocenters. The van der Waals surface area contributed by atoms with E-state index in [1.165, 1.54) is 11.0 Å². The van der Waals surface area contributed by atoms with Gasteiger partial charge in [-0.25, -0.2) is 0 Å². The van der Waals surface area contributed by atoms with Crippen molar-refractivity contribution >= 4 is 12.3 Å². The van der Waals surface area contributed by atoms with Crippen molar-refractivity contribution in [1.82, 2.24) is 4.90 Å². The lowest BCUT2D eigenvalue weighted by Gasteiger charge is -2.30. The quantitative estimate of drug-likeness (QED) is 0.826. The normalized spacial score (nSPS) is 20.1. The minimum atomic E-state index is -1.70. The van der Waals surface area contributed by atoms with Gasteiger partial charge in [0, 0.05) is 23.2 Å². The third-order valence-electron chi connectivity index (χ3n) is 3.80. The molecule has 2 aromatic carbocycles. The molecule has 0 aliphatic carbocycles. The Labute approximate surface area is 133 Å². The van der Waals surface area contributed by atoms with Crippen molar-refractivity contribution in [3.8, 4) is 5.75 Å². The second kappa shape index (κ2) is 5.73. The SMILES string of the molecule is NC(=O)c1ccc2c(c1)O[C@](O)(c1ccccc1)CN(C=O)C2. The van der Waals surface area contributed by atoms with E-state index < -0.39 is 11.7 Å². The van der Waals surface area contributed by atoms with Gasteiger partial charge in [-0.1, -0.05) is 36.4 Å². The Morgan fingerprint density at radius 2 is 2.00 bits per heavy atom. The van der Waals surface area contributed by atoms with Gasteiger partial charge in [-0.15, -0.1) is 0 Å². The fourth-order valence-corrected chi connectivity index (χ4v) is 2.62. The van der Waals surface area contributed by atoms with Crippen molar-refractivity contribution in [2.45, 2.75) is 12.3 Å². The average Bonchev–Trinajstić information content (AvgIpc) is 2.71. The number of aliphatic hydroxyl groups is 1. The molecule has 1 aliphatic heterocycles. The van der Waals surface area contributed by atoms with Crippen LogP contribution in [0.15, 0.2) is 48.5 Å². The van der Waals surface area contributed by atoms with Crippen LogP contribution in [0.2, 0.25) is 0 Å². The molecule has 0 unspecified atom stereocenters. The van der Waals surface area contributed by atoms with Gasteiger partial charge in [0.2, 0.25) is 12.3 Å². The van der Waals surface area contributed by atoms with Gasteiger partial charge in [0.15, 0.2) is 0 Å². The number of benzene rings is 2. The number of hydrogen-bond donors (Lipinski definition) is 2. The summed E-state index contributed by atoms with van der Waals surface area (Å²) < 4.78 is 5.80. The summed E-state index contributed by atoms with van der Waals surface area (Å²) in [5, 5.41) is 11.0. The first-order valence-corrected chi connectivity index (χ1v) is 7.11. The van der Waals surface area contributed by atoms with Gasteiger partial charge < -0.3 is 20.5 Å². The zero-order valence-corrected chi connectivity index (χ0v) is 12.3. The van der Waals surface area contributed by atoms with Crippen molar-refractivity contribution in [3.63, 3.8) is 0 Å². The lowest BCUT2D eigenvalue weighted by atomic mass is 10.1. The number of ether oxygens (including phenoxy) is 1. The van der Waals surface area contributed by atoms with E-state index in [9.17, 15) is 14.7 Å². The molecule has 0 spiro atoms. The van der Waals surface area contributed by atoms with E-state index in [2.05, 4.69) is 0 Å². The molecule has 1 heterocycles. The minimum Gasteiger partial charge on any atom is -0.456 e. The van der Waals surface area contributed by atoms with Crippen LogP contribution < -0.4 is 10.5 Å². The molecule has 0 aromatic heterocycles. The number of nitrogens with two attached hydrogens (primary N) is 1. The van der Waals surface area contributed by atoms with Gasteiger partial charge in [-0.3, -0.25) is 9.59 Å². The number of fused-ring (bicyclic) bond motifs is 1. The Bertz CT molecular complexity index is 748. The fourth-order valence-electron chi connectivity index (χ4n) is 2.62. The van der Waals surface area contributed by atoms with E-state index in [1.54, 1.807) is 36.4 Å². The van der Waals surface area contributed by atoms with Crippen LogP contribution >= 0.6 is 0 Å². The highest BCUT2D eigenvalue weighted by Crippen LogP contribution is 2.34. The summed E-state index contributed by atoms with van der Waals surface area (Å²) in [5.41, 5.74) is 6.78. The maximum atomic E-state index is 11.4. The molecule has 3 rings (SSSR count). The van der Waals surface area contributed by atoms with Crippen LogP contribution in [0.4, 0.5) is 0 Å². The molecule has 23 heavy (non-hydrogen) atoms. The van der Waals surface area contributed by atoms with Crippen molar-refractivity contribution in [2.75, 3.05) is 6.54 Å². The van der Waals surface area contributed by atoms with E-state index >= 15 is 0 Å². The third-order valence-corrected chi connectivity index (χ3v) is 3.80. The predicted molar refractivity (Wildman–Crippen MR) is 82.4 cm³/mol. The molecular formula is C17H16N2O4. The van der Waals surface area contributed by atoms with E-state index in [4.69, 9.17) is 10.5 Å². The molecule has 0 radical (unpaired) electrons. The molecule has 6 nitrogen and oxygen atoms in total. The largest absolute Gasteiger partial charge is 0.456 e.